The number of oxime groups is 1. The van der Waals surface area contributed by atoms with Gasteiger partial charge in [0.15, 0.2) is 0 Å². The van der Waals surface area contributed by atoms with Crippen LogP contribution in [0.2, 0.25) is 0 Å². The van der Waals surface area contributed by atoms with Gasteiger partial charge in [0.2, 0.25) is 0 Å². The molecule has 0 aromatic heterocycles. The van der Waals surface area contributed by atoms with Gasteiger partial charge in [-0.05, 0) is 5.56 Å². The Morgan fingerprint density at radius 2 is 1.85 bits per heavy atom. The molecule has 5 nitrogen and oxygen atoms in total. The first kappa shape index (κ1) is 12.3. The summed E-state index contributed by atoms with van der Waals surface area (Å²) >= 11 is 0. The molecule has 0 saturated carbocycles. The molecule has 1 atom stereocenters. The predicted molar refractivity (Wildman–Crippen MR) is 72.5 cm³/mol. The lowest BCUT2D eigenvalue weighted by molar-refractivity contribution is 0.201. The molecule has 0 saturated heterocycles. The maximum Gasteiger partial charge on any atom is 0.136 e. The Morgan fingerprint density at radius 3 is 2.55 bits per heavy atom. The Morgan fingerprint density at radius 1 is 1.10 bits per heavy atom. The molecule has 2 aromatic rings. The number of ether oxygens (including phenoxy) is 1. The van der Waals surface area contributed by atoms with E-state index in [-0.39, 0.29) is 17.6 Å². The van der Waals surface area contributed by atoms with Gasteiger partial charge in [-0.1, -0.05) is 35.5 Å². The molecule has 1 unspecified atom stereocenters. The summed E-state index contributed by atoms with van der Waals surface area (Å²) in [5.74, 6) is 0.0296. The van der Waals surface area contributed by atoms with Gasteiger partial charge in [-0.25, -0.2) is 0 Å². The van der Waals surface area contributed by atoms with Crippen LogP contribution in [-0.2, 0) is 0 Å². The van der Waals surface area contributed by atoms with Crippen LogP contribution in [0.1, 0.15) is 23.7 Å². The highest BCUT2D eigenvalue weighted by molar-refractivity contribution is 6.06. The second kappa shape index (κ2) is 4.77. The van der Waals surface area contributed by atoms with Crippen molar-refractivity contribution in [3.05, 3.63) is 53.6 Å². The van der Waals surface area contributed by atoms with Crippen molar-refractivity contribution in [2.75, 3.05) is 0 Å². The molecule has 0 spiro atoms. The molecular formula is C15H13NO4. The van der Waals surface area contributed by atoms with Crippen molar-refractivity contribution in [1.82, 2.24) is 0 Å². The minimum absolute atomic E-state index is 0.104. The molecule has 3 rings (SSSR count). The van der Waals surface area contributed by atoms with E-state index in [1.165, 1.54) is 12.1 Å². The Labute approximate surface area is 115 Å². The Hall–Kier alpha value is -2.69. The van der Waals surface area contributed by atoms with E-state index in [1.807, 2.05) is 30.3 Å². The van der Waals surface area contributed by atoms with Gasteiger partial charge in [-0.2, -0.15) is 0 Å². The molecule has 0 bridgehead atoms. The lowest BCUT2D eigenvalue weighted by Gasteiger charge is -2.27. The van der Waals surface area contributed by atoms with E-state index >= 15 is 0 Å². The van der Waals surface area contributed by atoms with Crippen molar-refractivity contribution >= 4 is 5.71 Å². The fourth-order valence-corrected chi connectivity index (χ4v) is 2.39. The predicted octanol–water partition coefficient (Wildman–Crippen LogP) is 2.80. The number of aromatic hydroxyl groups is 2. The topological polar surface area (TPSA) is 82.3 Å². The van der Waals surface area contributed by atoms with Crippen LogP contribution in [-0.4, -0.2) is 21.1 Å². The van der Waals surface area contributed by atoms with E-state index in [0.29, 0.717) is 23.4 Å². The molecule has 1 aliphatic heterocycles. The summed E-state index contributed by atoms with van der Waals surface area (Å²) in [5.41, 5.74) is 1.58. The monoisotopic (exact) mass is 271 g/mol. The maximum atomic E-state index is 9.86. The number of nitrogens with zero attached hydrogens (tertiary/aromatic N) is 1. The van der Waals surface area contributed by atoms with Crippen LogP contribution in [0.5, 0.6) is 17.2 Å². The summed E-state index contributed by atoms with van der Waals surface area (Å²) < 4.78 is 5.80. The summed E-state index contributed by atoms with van der Waals surface area (Å²) in [7, 11) is 0. The lowest BCUT2D eigenvalue weighted by atomic mass is 9.95. The average molecular weight is 271 g/mol. The van der Waals surface area contributed by atoms with Crippen LogP contribution in [0.15, 0.2) is 47.6 Å². The van der Waals surface area contributed by atoms with Crippen molar-refractivity contribution in [3.63, 3.8) is 0 Å². The molecule has 5 heteroatoms. The van der Waals surface area contributed by atoms with Gasteiger partial charge < -0.3 is 20.2 Å². The average Bonchev–Trinajstić information content (AvgIpc) is 2.46. The summed E-state index contributed by atoms with van der Waals surface area (Å²) in [5, 5.41) is 31.8. The quantitative estimate of drug-likeness (QED) is 0.550. The van der Waals surface area contributed by atoms with Crippen LogP contribution >= 0.6 is 0 Å². The van der Waals surface area contributed by atoms with Crippen LogP contribution in [0, 0.1) is 0 Å². The van der Waals surface area contributed by atoms with E-state index in [1.54, 1.807) is 0 Å². The number of phenolic OH excluding ortho intramolecular Hbond substituents is 2. The third-order valence-electron chi connectivity index (χ3n) is 3.29. The molecule has 0 radical (unpaired) electrons. The molecule has 3 N–H and O–H groups in total. The summed E-state index contributed by atoms with van der Waals surface area (Å²) in [6.45, 7) is 0. The molecule has 1 heterocycles. The van der Waals surface area contributed by atoms with Gasteiger partial charge in [0, 0.05) is 18.6 Å². The molecular weight excluding hydrogens is 258 g/mol. The third kappa shape index (κ3) is 2.03. The number of hydrogen-bond acceptors (Lipinski definition) is 5. The van der Waals surface area contributed by atoms with Crippen LogP contribution in [0.25, 0.3) is 0 Å². The summed E-state index contributed by atoms with van der Waals surface area (Å²) in [6, 6.07) is 12.1. The number of hydrogen-bond donors (Lipinski definition) is 3. The van der Waals surface area contributed by atoms with E-state index in [9.17, 15) is 10.2 Å². The Bertz CT molecular complexity index is 667. The van der Waals surface area contributed by atoms with Crippen molar-refractivity contribution in [3.8, 4) is 17.2 Å². The molecule has 20 heavy (non-hydrogen) atoms. The SMILES string of the molecule is O/N=C1\CC(c2ccccc2)Oc2cc(O)cc(O)c21. The second-order valence-electron chi connectivity index (χ2n) is 4.61. The van der Waals surface area contributed by atoms with E-state index in [0.717, 1.165) is 5.56 Å². The van der Waals surface area contributed by atoms with Crippen LogP contribution in [0.3, 0.4) is 0 Å². The van der Waals surface area contributed by atoms with Crippen molar-refractivity contribution in [2.45, 2.75) is 12.5 Å². The van der Waals surface area contributed by atoms with Gasteiger partial charge in [0.25, 0.3) is 0 Å². The molecule has 2 aromatic carbocycles. The van der Waals surface area contributed by atoms with Crippen molar-refractivity contribution < 1.29 is 20.2 Å². The largest absolute Gasteiger partial charge is 0.508 e. The van der Waals surface area contributed by atoms with Gasteiger partial charge >= 0.3 is 0 Å². The highest BCUT2D eigenvalue weighted by Crippen LogP contribution is 2.41. The number of benzene rings is 2. The van der Waals surface area contributed by atoms with Gasteiger partial charge in [0.1, 0.15) is 23.4 Å². The van der Waals surface area contributed by atoms with E-state index < -0.39 is 0 Å². The first-order valence-corrected chi connectivity index (χ1v) is 6.18. The number of phenols is 2. The van der Waals surface area contributed by atoms with Crippen molar-refractivity contribution in [2.24, 2.45) is 5.16 Å². The van der Waals surface area contributed by atoms with Gasteiger partial charge in [-0.15, -0.1) is 0 Å². The van der Waals surface area contributed by atoms with Crippen LogP contribution in [0.4, 0.5) is 0 Å². The highest BCUT2D eigenvalue weighted by atomic mass is 16.5. The Kier molecular flexibility index (Phi) is 2.95. The second-order valence-corrected chi connectivity index (χ2v) is 4.61. The minimum Gasteiger partial charge on any atom is -0.508 e. The zero-order valence-electron chi connectivity index (χ0n) is 10.5. The fourth-order valence-electron chi connectivity index (χ4n) is 2.39. The van der Waals surface area contributed by atoms with Gasteiger partial charge in [0.05, 0.1) is 11.3 Å². The lowest BCUT2D eigenvalue weighted by Crippen LogP contribution is -2.21. The fraction of sp³-hybridized carbons (Fsp3) is 0.133. The third-order valence-corrected chi connectivity index (χ3v) is 3.29. The van der Waals surface area contributed by atoms with Gasteiger partial charge in [-0.3, -0.25) is 0 Å². The highest BCUT2D eigenvalue weighted by Gasteiger charge is 2.29. The molecule has 0 fully saturated rings. The molecule has 102 valence electrons. The maximum absolute atomic E-state index is 9.86. The first-order valence-electron chi connectivity index (χ1n) is 6.18. The minimum atomic E-state index is -0.323. The summed E-state index contributed by atoms with van der Waals surface area (Å²) in [6.07, 6.45) is 0.0158. The standard InChI is InChI=1S/C15H13NO4/c17-10-6-12(18)15-11(16-19)8-13(20-14(15)7-10)9-4-2-1-3-5-9/h1-7,13,17-19H,8H2/b16-11+. The summed E-state index contributed by atoms with van der Waals surface area (Å²) in [4.78, 5) is 0. The number of rotatable bonds is 1. The van der Waals surface area contributed by atoms with E-state index in [2.05, 4.69) is 5.16 Å². The molecule has 1 aliphatic rings. The zero-order chi connectivity index (χ0) is 14.1. The van der Waals surface area contributed by atoms with Crippen molar-refractivity contribution in [1.29, 1.82) is 0 Å². The van der Waals surface area contributed by atoms with E-state index in [4.69, 9.17) is 9.94 Å². The normalized spacial score (nSPS) is 19.4. The first-order chi connectivity index (χ1) is 9.69. The zero-order valence-corrected chi connectivity index (χ0v) is 10.5. The molecule has 0 amide bonds. The Balaban J connectivity index is 2.07. The molecule has 0 aliphatic carbocycles. The van der Waals surface area contributed by atoms with Crippen LogP contribution < -0.4 is 4.74 Å². The smallest absolute Gasteiger partial charge is 0.136 e. The number of fused-ring (bicyclic) bond motifs is 1.